The topological polar surface area (TPSA) is 53.8 Å². The number of carbonyl (C=O) groups excluding carboxylic acids is 1. The van der Waals surface area contributed by atoms with Crippen LogP contribution in [-0.4, -0.2) is 25.7 Å². The largest absolute Gasteiger partial charge is 0.550 e. The van der Waals surface area contributed by atoms with Crippen molar-refractivity contribution in [2.45, 2.75) is 26.3 Å². The number of hydrogen-bond donors (Lipinski definition) is 1. The lowest BCUT2D eigenvalue weighted by Crippen LogP contribution is -3.11. The van der Waals surface area contributed by atoms with Crippen molar-refractivity contribution in [3.8, 4) is 5.75 Å². The average molecular weight is 263 g/mol. The summed E-state index contributed by atoms with van der Waals surface area (Å²) in [6, 6.07) is 8.16. The number of carbonyl (C=O) groups is 1. The molecule has 0 bridgehead atoms. The van der Waals surface area contributed by atoms with Gasteiger partial charge in [0, 0.05) is 30.3 Å². The maximum absolute atomic E-state index is 10.8. The Morgan fingerprint density at radius 3 is 2.47 bits per heavy atom. The highest BCUT2D eigenvalue weighted by Crippen LogP contribution is 2.12. The zero-order chi connectivity index (χ0) is 13.7. The van der Waals surface area contributed by atoms with Crippen molar-refractivity contribution < 1.29 is 19.5 Å². The van der Waals surface area contributed by atoms with Gasteiger partial charge in [0.15, 0.2) is 0 Å². The average Bonchev–Trinajstić information content (AvgIpc) is 2.42. The molecule has 1 fully saturated rings. The van der Waals surface area contributed by atoms with E-state index in [4.69, 9.17) is 4.74 Å². The molecule has 0 radical (unpaired) electrons. The maximum Gasteiger partial charge on any atom is 0.119 e. The van der Waals surface area contributed by atoms with Gasteiger partial charge in [0.25, 0.3) is 0 Å². The van der Waals surface area contributed by atoms with Crippen LogP contribution in [-0.2, 0) is 11.3 Å². The van der Waals surface area contributed by atoms with Crippen molar-refractivity contribution in [3.05, 3.63) is 29.8 Å². The van der Waals surface area contributed by atoms with Gasteiger partial charge in [0.1, 0.15) is 12.3 Å². The Balaban J connectivity index is 1.83. The minimum atomic E-state index is -0.889. The molecule has 4 nitrogen and oxygen atoms in total. The minimum absolute atomic E-state index is 0.246. The number of hydrogen-bond acceptors (Lipinski definition) is 3. The van der Waals surface area contributed by atoms with Crippen LogP contribution in [0.5, 0.6) is 5.75 Å². The highest BCUT2D eigenvalue weighted by Gasteiger charge is 2.22. The molecule has 19 heavy (non-hydrogen) atoms. The van der Waals surface area contributed by atoms with Crippen molar-refractivity contribution in [3.63, 3.8) is 0 Å². The van der Waals surface area contributed by atoms with E-state index in [-0.39, 0.29) is 5.92 Å². The predicted octanol–water partition coefficient (Wildman–Crippen LogP) is -0.370. The lowest BCUT2D eigenvalue weighted by atomic mass is 9.97. The summed E-state index contributed by atoms with van der Waals surface area (Å²) in [5, 5.41) is 10.8. The number of piperidine rings is 1. The van der Waals surface area contributed by atoms with Crippen LogP contribution in [0, 0.1) is 5.92 Å². The third-order valence-electron chi connectivity index (χ3n) is 3.71. The van der Waals surface area contributed by atoms with E-state index >= 15 is 0 Å². The van der Waals surface area contributed by atoms with Crippen molar-refractivity contribution in [2.24, 2.45) is 5.92 Å². The van der Waals surface area contributed by atoms with Crippen LogP contribution < -0.4 is 14.7 Å². The first kappa shape index (κ1) is 13.9. The number of aliphatic carboxylic acids is 1. The SMILES string of the molecule is CCOc1ccc(C[NH+]2CCC(C(=O)[O-])CC2)cc1. The molecule has 0 aliphatic carbocycles. The quantitative estimate of drug-likeness (QED) is 0.788. The summed E-state index contributed by atoms with van der Waals surface area (Å²) in [4.78, 5) is 12.2. The lowest BCUT2D eigenvalue weighted by molar-refractivity contribution is -0.919. The van der Waals surface area contributed by atoms with E-state index in [0.717, 1.165) is 38.2 Å². The van der Waals surface area contributed by atoms with Crippen molar-refractivity contribution in [1.29, 1.82) is 0 Å². The molecule has 1 saturated heterocycles. The van der Waals surface area contributed by atoms with Gasteiger partial charge in [-0.3, -0.25) is 0 Å². The predicted molar refractivity (Wildman–Crippen MR) is 69.7 cm³/mol. The smallest absolute Gasteiger partial charge is 0.119 e. The summed E-state index contributed by atoms with van der Waals surface area (Å²) in [5.41, 5.74) is 1.27. The number of carboxylic acids is 1. The molecule has 0 atom stereocenters. The molecule has 1 aliphatic heterocycles. The molecule has 0 saturated carbocycles. The van der Waals surface area contributed by atoms with E-state index in [0.29, 0.717) is 6.61 Å². The van der Waals surface area contributed by atoms with Gasteiger partial charge in [-0.15, -0.1) is 0 Å². The van der Waals surface area contributed by atoms with E-state index in [1.54, 1.807) is 0 Å². The Morgan fingerprint density at radius 2 is 1.95 bits per heavy atom. The summed E-state index contributed by atoms with van der Waals surface area (Å²) in [7, 11) is 0. The van der Waals surface area contributed by atoms with E-state index in [1.165, 1.54) is 10.5 Å². The normalized spacial score (nSPS) is 23.0. The first-order chi connectivity index (χ1) is 9.19. The van der Waals surface area contributed by atoms with Gasteiger partial charge in [0.2, 0.25) is 0 Å². The van der Waals surface area contributed by atoms with Gasteiger partial charge in [-0.2, -0.15) is 0 Å². The Morgan fingerprint density at radius 1 is 1.32 bits per heavy atom. The molecule has 2 rings (SSSR count). The highest BCUT2D eigenvalue weighted by molar-refractivity contribution is 5.67. The minimum Gasteiger partial charge on any atom is -0.550 e. The number of nitrogens with one attached hydrogen (secondary N) is 1. The first-order valence-electron chi connectivity index (χ1n) is 6.95. The van der Waals surface area contributed by atoms with E-state index in [1.807, 2.05) is 19.1 Å². The molecule has 4 heteroatoms. The second kappa shape index (κ2) is 6.57. The van der Waals surface area contributed by atoms with Gasteiger partial charge in [-0.25, -0.2) is 0 Å². The number of carboxylic acid groups (broad SMARTS) is 1. The van der Waals surface area contributed by atoms with Gasteiger partial charge in [-0.1, -0.05) is 0 Å². The van der Waals surface area contributed by atoms with Crippen molar-refractivity contribution in [1.82, 2.24) is 0 Å². The van der Waals surface area contributed by atoms with Crippen molar-refractivity contribution in [2.75, 3.05) is 19.7 Å². The third kappa shape index (κ3) is 3.96. The van der Waals surface area contributed by atoms with E-state index in [9.17, 15) is 9.90 Å². The van der Waals surface area contributed by atoms with Crippen LogP contribution in [0.15, 0.2) is 24.3 Å². The fourth-order valence-corrected chi connectivity index (χ4v) is 2.60. The van der Waals surface area contributed by atoms with E-state index in [2.05, 4.69) is 12.1 Å². The molecule has 0 aromatic heterocycles. The van der Waals surface area contributed by atoms with Gasteiger partial charge in [-0.05, 0) is 31.2 Å². The summed E-state index contributed by atoms with van der Waals surface area (Å²) in [5.74, 6) is -0.235. The fraction of sp³-hybridized carbons (Fsp3) is 0.533. The summed E-state index contributed by atoms with van der Waals surface area (Å²) >= 11 is 0. The lowest BCUT2D eigenvalue weighted by Gasteiger charge is -2.29. The molecular weight excluding hydrogens is 242 g/mol. The molecular formula is C15H21NO3. The van der Waals surface area contributed by atoms with E-state index < -0.39 is 5.97 Å². The Bertz CT molecular complexity index is 408. The van der Waals surface area contributed by atoms with Crippen LogP contribution in [0.25, 0.3) is 0 Å². The molecule has 1 N–H and O–H groups in total. The van der Waals surface area contributed by atoms with Gasteiger partial charge in [0.05, 0.1) is 19.7 Å². The van der Waals surface area contributed by atoms with Crippen LogP contribution in [0.1, 0.15) is 25.3 Å². The molecule has 104 valence electrons. The fourth-order valence-electron chi connectivity index (χ4n) is 2.60. The monoisotopic (exact) mass is 263 g/mol. The molecule has 1 heterocycles. The number of quaternary nitrogens is 1. The van der Waals surface area contributed by atoms with Crippen LogP contribution in [0.4, 0.5) is 0 Å². The molecule has 1 aromatic rings. The summed E-state index contributed by atoms with van der Waals surface area (Å²) in [6.45, 7) is 5.42. The number of likely N-dealkylation sites (tertiary alicyclic amines) is 1. The number of benzene rings is 1. The molecule has 1 aromatic carbocycles. The number of ether oxygens (including phenoxy) is 1. The number of rotatable bonds is 5. The summed E-state index contributed by atoms with van der Waals surface area (Å²) < 4.78 is 5.41. The molecule has 0 unspecified atom stereocenters. The molecule has 1 aliphatic rings. The van der Waals surface area contributed by atoms with Crippen LogP contribution in [0.3, 0.4) is 0 Å². The first-order valence-corrected chi connectivity index (χ1v) is 6.95. The standard InChI is InChI=1S/C15H21NO3/c1-2-19-14-5-3-12(4-6-14)11-16-9-7-13(8-10-16)15(17)18/h3-6,13H,2,7-11H2,1H3,(H,17,18). The van der Waals surface area contributed by atoms with Crippen LogP contribution in [0.2, 0.25) is 0 Å². The second-order valence-electron chi connectivity index (χ2n) is 5.10. The Labute approximate surface area is 114 Å². The van der Waals surface area contributed by atoms with Crippen molar-refractivity contribution >= 4 is 5.97 Å². The zero-order valence-corrected chi connectivity index (χ0v) is 11.4. The third-order valence-corrected chi connectivity index (χ3v) is 3.71. The van der Waals surface area contributed by atoms with Crippen LogP contribution >= 0.6 is 0 Å². The molecule has 0 amide bonds. The second-order valence-corrected chi connectivity index (χ2v) is 5.10. The highest BCUT2D eigenvalue weighted by atomic mass is 16.5. The van der Waals surface area contributed by atoms with Gasteiger partial charge >= 0.3 is 0 Å². The van der Waals surface area contributed by atoms with Gasteiger partial charge < -0.3 is 19.5 Å². The Kier molecular flexibility index (Phi) is 4.80. The zero-order valence-electron chi connectivity index (χ0n) is 11.4. The summed E-state index contributed by atoms with van der Waals surface area (Å²) in [6.07, 6.45) is 1.46. The molecule has 0 spiro atoms. The maximum atomic E-state index is 10.8. The Hall–Kier alpha value is -1.55.